The van der Waals surface area contributed by atoms with E-state index in [9.17, 15) is 9.90 Å². The van der Waals surface area contributed by atoms with Crippen LogP contribution in [0.15, 0.2) is 16.6 Å². The maximum Gasteiger partial charge on any atom is 0.325 e. The highest BCUT2D eigenvalue weighted by Gasteiger charge is 2.31. The van der Waals surface area contributed by atoms with Gasteiger partial charge in [0.1, 0.15) is 6.04 Å². The van der Waals surface area contributed by atoms with Crippen LogP contribution in [0.2, 0.25) is 0 Å². The van der Waals surface area contributed by atoms with Gasteiger partial charge in [0.05, 0.1) is 4.47 Å². The quantitative estimate of drug-likeness (QED) is 0.890. The Kier molecular flexibility index (Phi) is 2.91. The number of fused-ring (bicyclic) bond motifs is 1. The van der Waals surface area contributed by atoms with E-state index in [-0.39, 0.29) is 6.79 Å². The molecular formula is C12H12BrNO4. The smallest absolute Gasteiger partial charge is 0.325 e. The molecule has 0 spiro atoms. The Morgan fingerprint density at radius 3 is 2.89 bits per heavy atom. The molecule has 6 heteroatoms. The lowest BCUT2D eigenvalue weighted by atomic mass is 10.1. The van der Waals surface area contributed by atoms with Gasteiger partial charge in [0, 0.05) is 6.04 Å². The predicted octanol–water partition coefficient (Wildman–Crippen LogP) is 2.06. The Balaban J connectivity index is 1.93. The summed E-state index contributed by atoms with van der Waals surface area (Å²) in [5.74, 6) is 0.338. The molecule has 1 fully saturated rings. The zero-order chi connectivity index (χ0) is 12.7. The number of carboxylic acid groups (broad SMARTS) is 1. The zero-order valence-electron chi connectivity index (χ0n) is 9.48. The number of halogens is 1. The van der Waals surface area contributed by atoms with Gasteiger partial charge in [0.15, 0.2) is 11.5 Å². The molecule has 1 heterocycles. The van der Waals surface area contributed by atoms with Crippen LogP contribution in [0.3, 0.4) is 0 Å². The van der Waals surface area contributed by atoms with Gasteiger partial charge >= 0.3 is 5.97 Å². The second kappa shape index (κ2) is 4.44. The number of carbonyl (C=O) groups is 1. The summed E-state index contributed by atoms with van der Waals surface area (Å²) in [6, 6.07) is 3.10. The standard InChI is InChI=1S/C12H12BrNO4/c13-8-3-6(4-9-11(8)18-5-17-9)10(12(15)16)14-7-1-2-7/h3-4,7,10,14H,1-2,5H2,(H,15,16). The molecule has 1 aliphatic heterocycles. The highest BCUT2D eigenvalue weighted by Crippen LogP contribution is 2.41. The summed E-state index contributed by atoms with van der Waals surface area (Å²) >= 11 is 3.37. The molecule has 96 valence electrons. The molecule has 1 saturated carbocycles. The molecule has 1 aromatic rings. The van der Waals surface area contributed by atoms with Crippen LogP contribution in [0.4, 0.5) is 0 Å². The third kappa shape index (κ3) is 2.18. The van der Waals surface area contributed by atoms with E-state index in [1.165, 1.54) is 0 Å². The van der Waals surface area contributed by atoms with Crippen molar-refractivity contribution in [3.8, 4) is 11.5 Å². The van der Waals surface area contributed by atoms with Crippen molar-refractivity contribution in [3.63, 3.8) is 0 Å². The van der Waals surface area contributed by atoms with E-state index in [1.807, 2.05) is 0 Å². The number of rotatable bonds is 4. The van der Waals surface area contributed by atoms with Gasteiger partial charge in [-0.3, -0.25) is 10.1 Å². The minimum atomic E-state index is -0.882. The fourth-order valence-corrected chi connectivity index (χ4v) is 2.52. The lowest BCUT2D eigenvalue weighted by molar-refractivity contribution is -0.139. The van der Waals surface area contributed by atoms with Crippen LogP contribution < -0.4 is 14.8 Å². The van der Waals surface area contributed by atoms with Crippen LogP contribution in [0, 0.1) is 0 Å². The van der Waals surface area contributed by atoms with Crippen molar-refractivity contribution in [1.82, 2.24) is 5.32 Å². The normalized spacial score (nSPS) is 18.7. The molecule has 0 radical (unpaired) electrons. The topological polar surface area (TPSA) is 67.8 Å². The maximum absolute atomic E-state index is 11.3. The Bertz CT molecular complexity index is 501. The molecule has 0 bridgehead atoms. The van der Waals surface area contributed by atoms with Gasteiger partial charge in [-0.15, -0.1) is 0 Å². The minimum absolute atomic E-state index is 0.172. The number of nitrogens with one attached hydrogen (secondary N) is 1. The Morgan fingerprint density at radius 2 is 2.22 bits per heavy atom. The van der Waals surface area contributed by atoms with E-state index in [2.05, 4.69) is 21.2 Å². The van der Waals surface area contributed by atoms with Gasteiger partial charge in [-0.2, -0.15) is 0 Å². The molecule has 2 aliphatic rings. The molecule has 5 nitrogen and oxygen atoms in total. The summed E-state index contributed by atoms with van der Waals surface area (Å²) in [6.07, 6.45) is 2.07. The van der Waals surface area contributed by atoms with E-state index in [0.717, 1.165) is 17.3 Å². The number of hydrogen-bond acceptors (Lipinski definition) is 4. The van der Waals surface area contributed by atoms with Crippen LogP contribution in [0.25, 0.3) is 0 Å². The largest absolute Gasteiger partial charge is 0.480 e. The lowest BCUT2D eigenvalue weighted by Crippen LogP contribution is -2.30. The van der Waals surface area contributed by atoms with Crippen LogP contribution in [0.5, 0.6) is 11.5 Å². The maximum atomic E-state index is 11.3. The van der Waals surface area contributed by atoms with Crippen molar-refractivity contribution in [2.45, 2.75) is 24.9 Å². The third-order valence-corrected chi connectivity index (χ3v) is 3.60. The van der Waals surface area contributed by atoms with Crippen molar-refractivity contribution in [3.05, 3.63) is 22.2 Å². The number of hydrogen-bond donors (Lipinski definition) is 2. The number of aliphatic carboxylic acids is 1. The highest BCUT2D eigenvalue weighted by atomic mass is 79.9. The number of ether oxygens (including phenoxy) is 2. The van der Waals surface area contributed by atoms with Gasteiger partial charge in [-0.25, -0.2) is 0 Å². The Hall–Kier alpha value is -1.27. The van der Waals surface area contributed by atoms with Gasteiger partial charge < -0.3 is 14.6 Å². The van der Waals surface area contributed by atoms with Gasteiger partial charge in [-0.1, -0.05) is 0 Å². The molecular weight excluding hydrogens is 302 g/mol. The molecule has 0 amide bonds. The lowest BCUT2D eigenvalue weighted by Gasteiger charge is -2.15. The fraction of sp³-hybridized carbons (Fsp3) is 0.417. The second-order valence-corrected chi connectivity index (χ2v) is 5.30. The summed E-state index contributed by atoms with van der Waals surface area (Å²) in [7, 11) is 0. The Morgan fingerprint density at radius 1 is 1.44 bits per heavy atom. The molecule has 1 aliphatic carbocycles. The minimum Gasteiger partial charge on any atom is -0.480 e. The molecule has 0 aromatic heterocycles. The van der Waals surface area contributed by atoms with Crippen LogP contribution >= 0.6 is 15.9 Å². The SMILES string of the molecule is O=C(O)C(NC1CC1)c1cc(Br)c2c(c1)OCO2. The first-order valence-corrected chi connectivity index (χ1v) is 6.52. The second-order valence-electron chi connectivity index (χ2n) is 4.45. The zero-order valence-corrected chi connectivity index (χ0v) is 11.1. The molecule has 1 aromatic carbocycles. The monoisotopic (exact) mass is 313 g/mol. The Labute approximate surface area is 112 Å². The average molecular weight is 314 g/mol. The first-order valence-electron chi connectivity index (χ1n) is 5.73. The summed E-state index contributed by atoms with van der Waals surface area (Å²) in [5.41, 5.74) is 0.672. The first kappa shape index (κ1) is 11.8. The van der Waals surface area contributed by atoms with E-state index in [1.54, 1.807) is 12.1 Å². The molecule has 18 heavy (non-hydrogen) atoms. The van der Waals surface area contributed by atoms with Crippen molar-refractivity contribution in [1.29, 1.82) is 0 Å². The van der Waals surface area contributed by atoms with Crippen molar-refractivity contribution in [2.24, 2.45) is 0 Å². The third-order valence-electron chi connectivity index (χ3n) is 3.01. The number of carboxylic acids is 1. The van der Waals surface area contributed by atoms with E-state index >= 15 is 0 Å². The van der Waals surface area contributed by atoms with Gasteiger partial charge in [-0.05, 0) is 46.5 Å². The fourth-order valence-electron chi connectivity index (χ4n) is 1.95. The first-order chi connectivity index (χ1) is 8.65. The van der Waals surface area contributed by atoms with Crippen LogP contribution in [-0.2, 0) is 4.79 Å². The van der Waals surface area contributed by atoms with Gasteiger partial charge in [0.2, 0.25) is 6.79 Å². The molecule has 3 rings (SSSR count). The van der Waals surface area contributed by atoms with E-state index < -0.39 is 12.0 Å². The summed E-state index contributed by atoms with van der Waals surface area (Å²) in [5, 5.41) is 12.4. The summed E-state index contributed by atoms with van der Waals surface area (Å²) in [6.45, 7) is 0.172. The highest BCUT2D eigenvalue weighted by molar-refractivity contribution is 9.10. The van der Waals surface area contributed by atoms with Crippen molar-refractivity contribution < 1.29 is 19.4 Å². The van der Waals surface area contributed by atoms with Crippen LogP contribution in [0.1, 0.15) is 24.4 Å². The number of benzene rings is 1. The van der Waals surface area contributed by atoms with Crippen molar-refractivity contribution >= 4 is 21.9 Å². The van der Waals surface area contributed by atoms with Crippen LogP contribution in [-0.4, -0.2) is 23.9 Å². The summed E-state index contributed by atoms with van der Waals surface area (Å²) in [4.78, 5) is 11.3. The van der Waals surface area contributed by atoms with Crippen molar-refractivity contribution in [2.75, 3.05) is 6.79 Å². The molecule has 0 saturated heterocycles. The van der Waals surface area contributed by atoms with E-state index in [4.69, 9.17) is 9.47 Å². The van der Waals surface area contributed by atoms with Gasteiger partial charge in [0.25, 0.3) is 0 Å². The average Bonchev–Trinajstić information content (AvgIpc) is 3.01. The molecule has 1 atom stereocenters. The molecule has 2 N–H and O–H groups in total. The molecule has 1 unspecified atom stereocenters. The van der Waals surface area contributed by atoms with E-state index in [0.29, 0.717) is 23.1 Å². The summed E-state index contributed by atoms with van der Waals surface area (Å²) < 4.78 is 11.3. The predicted molar refractivity (Wildman–Crippen MR) is 66.8 cm³/mol.